The van der Waals surface area contributed by atoms with E-state index < -0.39 is 15.8 Å². The summed E-state index contributed by atoms with van der Waals surface area (Å²) in [5.41, 5.74) is 0.735. The third-order valence-corrected chi connectivity index (χ3v) is 5.48. The van der Waals surface area contributed by atoms with Crippen LogP contribution in [0, 0.1) is 0 Å². The Hall–Kier alpha value is -2.16. The number of aryl methyl sites for hydroxylation is 1. The topological polar surface area (TPSA) is 90.5 Å². The number of oxazole rings is 1. The van der Waals surface area contributed by atoms with E-state index in [9.17, 15) is 13.2 Å². The Labute approximate surface area is 152 Å². The molecule has 0 spiro atoms. The van der Waals surface area contributed by atoms with E-state index in [1.165, 1.54) is 49.1 Å². The molecule has 2 aromatic carbocycles. The average molecular weight is 403 g/mol. The number of nitrogens with one attached hydrogen (secondary N) is 1. The SMILES string of the molecule is COc1ccc(Cl)cc1S(=O)(=O)Nc1cc2c(cc1Cl)oc(=O)n2C. The molecule has 0 radical (unpaired) electrons. The fourth-order valence-electron chi connectivity index (χ4n) is 2.29. The molecule has 0 unspecified atom stereocenters. The Morgan fingerprint density at radius 2 is 1.92 bits per heavy atom. The van der Waals surface area contributed by atoms with Gasteiger partial charge in [-0.1, -0.05) is 23.2 Å². The fraction of sp³-hybridized carbons (Fsp3) is 0.133. The Morgan fingerprint density at radius 3 is 2.60 bits per heavy atom. The lowest BCUT2D eigenvalue weighted by Gasteiger charge is -2.13. The summed E-state index contributed by atoms with van der Waals surface area (Å²) in [6.07, 6.45) is 0. The zero-order chi connectivity index (χ0) is 18.4. The van der Waals surface area contributed by atoms with Crippen molar-refractivity contribution >= 4 is 50.0 Å². The van der Waals surface area contributed by atoms with Crippen molar-refractivity contribution in [1.82, 2.24) is 4.57 Å². The molecule has 7 nitrogen and oxygen atoms in total. The number of hydrogen-bond acceptors (Lipinski definition) is 5. The molecule has 0 saturated heterocycles. The number of halogens is 2. The first kappa shape index (κ1) is 17.7. The van der Waals surface area contributed by atoms with Crippen LogP contribution in [0.1, 0.15) is 0 Å². The minimum absolute atomic E-state index is 0.0754. The highest BCUT2D eigenvalue weighted by atomic mass is 35.5. The van der Waals surface area contributed by atoms with Gasteiger partial charge in [0, 0.05) is 18.1 Å². The first-order valence-corrected chi connectivity index (χ1v) is 9.12. The number of methoxy groups -OCH3 is 1. The highest BCUT2D eigenvalue weighted by Crippen LogP contribution is 2.32. The van der Waals surface area contributed by atoms with Crippen molar-refractivity contribution in [1.29, 1.82) is 0 Å². The Kier molecular flexibility index (Phi) is 4.44. The van der Waals surface area contributed by atoms with Crippen LogP contribution in [0.25, 0.3) is 11.1 Å². The summed E-state index contributed by atoms with van der Waals surface area (Å²) in [4.78, 5) is 11.4. The average Bonchev–Trinajstić information content (AvgIpc) is 2.82. The molecular formula is C15H12Cl2N2O5S. The van der Waals surface area contributed by atoms with Crippen LogP contribution in [0.5, 0.6) is 5.75 Å². The van der Waals surface area contributed by atoms with Crippen LogP contribution in [0.3, 0.4) is 0 Å². The smallest absolute Gasteiger partial charge is 0.419 e. The molecule has 132 valence electrons. The lowest BCUT2D eigenvalue weighted by molar-refractivity contribution is 0.403. The van der Waals surface area contributed by atoms with Crippen molar-refractivity contribution in [2.24, 2.45) is 7.05 Å². The fourth-order valence-corrected chi connectivity index (χ4v) is 4.05. The van der Waals surface area contributed by atoms with E-state index in [2.05, 4.69) is 4.72 Å². The molecule has 0 aliphatic carbocycles. The standard InChI is InChI=1S/C15H12Cl2N2O5S/c1-19-11-7-10(9(17)6-13(11)24-15(19)20)18-25(21,22)14-5-8(16)3-4-12(14)23-2/h3-7,18H,1-2H3. The molecule has 25 heavy (non-hydrogen) atoms. The molecule has 0 aliphatic heterocycles. The number of aromatic nitrogens is 1. The quantitative estimate of drug-likeness (QED) is 0.722. The highest BCUT2D eigenvalue weighted by Gasteiger charge is 2.22. The lowest BCUT2D eigenvalue weighted by atomic mass is 10.3. The van der Waals surface area contributed by atoms with Crippen molar-refractivity contribution in [3.63, 3.8) is 0 Å². The maximum atomic E-state index is 12.7. The van der Waals surface area contributed by atoms with Gasteiger partial charge in [-0.3, -0.25) is 9.29 Å². The van der Waals surface area contributed by atoms with E-state index in [4.69, 9.17) is 32.4 Å². The summed E-state index contributed by atoms with van der Waals surface area (Å²) in [6, 6.07) is 7.01. The van der Waals surface area contributed by atoms with Crippen molar-refractivity contribution in [3.05, 3.63) is 50.9 Å². The second kappa shape index (κ2) is 6.29. The first-order chi connectivity index (χ1) is 11.7. The van der Waals surface area contributed by atoms with Crippen molar-refractivity contribution in [2.45, 2.75) is 4.90 Å². The predicted octanol–water partition coefficient (Wildman–Crippen LogP) is 3.25. The molecule has 1 heterocycles. The van der Waals surface area contributed by atoms with E-state index in [-0.39, 0.29) is 32.0 Å². The number of sulfonamides is 1. The van der Waals surface area contributed by atoms with Gasteiger partial charge in [-0.15, -0.1) is 0 Å². The summed E-state index contributed by atoms with van der Waals surface area (Å²) in [7, 11) is -1.19. The van der Waals surface area contributed by atoms with Gasteiger partial charge in [0.05, 0.1) is 23.3 Å². The van der Waals surface area contributed by atoms with E-state index in [1.807, 2.05) is 0 Å². The van der Waals surface area contributed by atoms with Gasteiger partial charge in [0.2, 0.25) is 0 Å². The number of benzene rings is 2. The second-order valence-electron chi connectivity index (χ2n) is 5.13. The molecule has 1 N–H and O–H groups in total. The monoisotopic (exact) mass is 402 g/mol. The molecule has 0 saturated carbocycles. The first-order valence-electron chi connectivity index (χ1n) is 6.88. The molecule has 10 heteroatoms. The van der Waals surface area contributed by atoms with Gasteiger partial charge in [-0.25, -0.2) is 13.2 Å². The molecule has 0 aliphatic rings. The summed E-state index contributed by atoms with van der Waals surface area (Å²) in [5, 5.41) is 0.311. The number of anilines is 1. The van der Waals surface area contributed by atoms with Gasteiger partial charge in [0.1, 0.15) is 10.6 Å². The molecule has 0 amide bonds. The minimum Gasteiger partial charge on any atom is -0.495 e. The summed E-state index contributed by atoms with van der Waals surface area (Å²) >= 11 is 12.0. The second-order valence-corrected chi connectivity index (χ2v) is 7.62. The molecular weight excluding hydrogens is 391 g/mol. The zero-order valence-corrected chi connectivity index (χ0v) is 15.4. The number of ether oxygens (including phenoxy) is 1. The van der Waals surface area contributed by atoms with Crippen LogP contribution >= 0.6 is 23.2 Å². The van der Waals surface area contributed by atoms with E-state index in [1.54, 1.807) is 0 Å². The van der Waals surface area contributed by atoms with Crippen LogP contribution in [0.4, 0.5) is 5.69 Å². The Morgan fingerprint density at radius 1 is 1.20 bits per heavy atom. The normalized spacial score (nSPS) is 11.7. The van der Waals surface area contributed by atoms with Crippen LogP contribution < -0.4 is 15.2 Å². The number of nitrogens with zero attached hydrogens (tertiary/aromatic N) is 1. The van der Waals surface area contributed by atoms with Crippen LogP contribution in [0.2, 0.25) is 10.0 Å². The summed E-state index contributed by atoms with van der Waals surface area (Å²) in [6.45, 7) is 0. The van der Waals surface area contributed by atoms with Gasteiger partial charge >= 0.3 is 5.76 Å². The van der Waals surface area contributed by atoms with Gasteiger partial charge in [0.15, 0.2) is 5.58 Å². The summed E-state index contributed by atoms with van der Waals surface area (Å²) in [5.74, 6) is -0.451. The summed E-state index contributed by atoms with van der Waals surface area (Å²) < 4.78 is 39.1. The maximum Gasteiger partial charge on any atom is 0.419 e. The van der Waals surface area contributed by atoms with Crippen molar-refractivity contribution < 1.29 is 17.6 Å². The minimum atomic E-state index is -4.04. The molecule has 3 aromatic rings. The Balaban J connectivity index is 2.11. The number of rotatable bonds is 4. The zero-order valence-electron chi connectivity index (χ0n) is 13.0. The van der Waals surface area contributed by atoms with Gasteiger partial charge in [-0.2, -0.15) is 0 Å². The third kappa shape index (κ3) is 3.20. The largest absolute Gasteiger partial charge is 0.495 e. The molecule has 0 bridgehead atoms. The molecule has 0 atom stereocenters. The Bertz CT molecular complexity index is 1130. The molecule has 3 rings (SSSR count). The molecule has 1 aromatic heterocycles. The number of hydrogen-bond donors (Lipinski definition) is 1. The van der Waals surface area contributed by atoms with Gasteiger partial charge in [-0.05, 0) is 24.3 Å². The van der Waals surface area contributed by atoms with Crippen molar-refractivity contribution in [2.75, 3.05) is 11.8 Å². The number of fused-ring (bicyclic) bond motifs is 1. The third-order valence-electron chi connectivity index (χ3n) is 3.54. The molecule has 0 fully saturated rings. The lowest BCUT2D eigenvalue weighted by Crippen LogP contribution is -2.14. The van der Waals surface area contributed by atoms with Gasteiger partial charge < -0.3 is 9.15 Å². The predicted molar refractivity (Wildman–Crippen MR) is 95.3 cm³/mol. The van der Waals surface area contributed by atoms with Crippen molar-refractivity contribution in [3.8, 4) is 5.75 Å². The van der Waals surface area contributed by atoms with Crippen LogP contribution in [-0.4, -0.2) is 20.1 Å². The van der Waals surface area contributed by atoms with E-state index in [0.717, 1.165) is 0 Å². The van der Waals surface area contributed by atoms with Crippen LogP contribution in [0.15, 0.2) is 44.4 Å². The van der Waals surface area contributed by atoms with E-state index >= 15 is 0 Å². The highest BCUT2D eigenvalue weighted by molar-refractivity contribution is 7.92. The van der Waals surface area contributed by atoms with E-state index in [0.29, 0.717) is 5.52 Å². The van der Waals surface area contributed by atoms with Crippen LogP contribution in [-0.2, 0) is 17.1 Å². The van der Waals surface area contributed by atoms with Gasteiger partial charge in [0.25, 0.3) is 10.0 Å². The maximum absolute atomic E-state index is 12.7.